The van der Waals surface area contributed by atoms with Crippen LogP contribution in [0, 0.1) is 31.4 Å². The smallest absolute Gasteiger partial charge is 0.862 e. The number of aliphatic hydroxyl groups is 1. The van der Waals surface area contributed by atoms with Gasteiger partial charge in [-0.15, -0.1) is 0 Å². The monoisotopic (exact) mass is 1410 g/mol. The molecule has 0 aliphatic carbocycles. The normalized spacial score (nSPS) is 12.9. The Bertz CT molecular complexity index is 3280. The maximum Gasteiger partial charge on any atom is 3.00 e. The minimum absolute atomic E-state index is 0. The van der Waals surface area contributed by atoms with E-state index in [1.54, 1.807) is 0 Å². The van der Waals surface area contributed by atoms with Crippen LogP contribution in [0.1, 0.15) is 88.0 Å². The van der Waals surface area contributed by atoms with Crippen LogP contribution >= 0.6 is 0 Å². The van der Waals surface area contributed by atoms with Crippen molar-refractivity contribution in [2.75, 3.05) is 7.11 Å². The predicted octanol–water partition coefficient (Wildman–Crippen LogP) is 10.2. The van der Waals surface area contributed by atoms with E-state index < -0.39 is 18.2 Å². The van der Waals surface area contributed by atoms with Gasteiger partial charge in [0, 0.05) is 56.7 Å². The number of quaternary nitrogens is 1. The molecule has 1 aliphatic heterocycles. The van der Waals surface area contributed by atoms with E-state index in [-0.39, 0.29) is 31.2 Å². The topological polar surface area (TPSA) is 137 Å². The molecule has 93 heavy (non-hydrogen) atoms. The Morgan fingerprint density at radius 3 is 0.731 bits per heavy atom. The zero-order valence-electron chi connectivity index (χ0n) is 55.6. The first-order chi connectivity index (χ1) is 44.5. The second-order valence-corrected chi connectivity index (χ2v) is 25.0. The molecule has 4 heterocycles. The molecule has 478 valence electrons. The van der Waals surface area contributed by atoms with Gasteiger partial charge in [-0.05, 0) is 104 Å². The van der Waals surface area contributed by atoms with Crippen LogP contribution in [-0.4, -0.2) is 61.3 Å². The van der Waals surface area contributed by atoms with Crippen molar-refractivity contribution in [1.82, 2.24) is 19.9 Å². The molecule has 8 aromatic carbocycles. The molecular weight excluding hydrogens is 1320 g/mol. The molecule has 0 saturated carbocycles. The largest absolute Gasteiger partial charge is 3.00 e. The fourth-order valence-corrected chi connectivity index (χ4v) is 13.3. The van der Waals surface area contributed by atoms with Crippen LogP contribution in [0.3, 0.4) is 0 Å². The van der Waals surface area contributed by atoms with Crippen molar-refractivity contribution in [3.8, 4) is 0 Å². The maximum absolute atomic E-state index is 11.8. The molecule has 3 N–H and O–H groups in total. The minimum atomic E-state index is -1.22. The third kappa shape index (κ3) is 20.1. The second kappa shape index (κ2) is 36.5. The van der Waals surface area contributed by atoms with E-state index >= 15 is 0 Å². The number of piperidine rings is 1. The number of aryl methyl sites for hydroxylation is 3. The van der Waals surface area contributed by atoms with Crippen LogP contribution in [0.2, 0.25) is 0 Å². The number of pyridine rings is 3. The number of hydrogen-bond acceptors (Lipinski definition) is 8. The van der Waals surface area contributed by atoms with E-state index in [0.717, 1.165) is 73.7 Å². The van der Waals surface area contributed by atoms with E-state index in [2.05, 4.69) is 327 Å². The average Bonchev–Trinajstić information content (AvgIpc) is 0.750. The zero-order valence-corrected chi connectivity index (χ0v) is 58.0. The van der Waals surface area contributed by atoms with Crippen molar-refractivity contribution >= 4 is 61.9 Å². The molecule has 1 fully saturated rings. The van der Waals surface area contributed by atoms with Crippen molar-refractivity contribution in [3.05, 3.63) is 337 Å². The van der Waals surface area contributed by atoms with Gasteiger partial charge in [0.25, 0.3) is 0 Å². The first-order valence-corrected chi connectivity index (χ1v) is 32.0. The molecule has 12 heteroatoms. The van der Waals surface area contributed by atoms with Crippen molar-refractivity contribution < 1.29 is 35.4 Å². The van der Waals surface area contributed by atoms with Crippen LogP contribution in [-0.2, 0) is 39.7 Å². The van der Waals surface area contributed by atoms with Gasteiger partial charge in [-0.25, -0.2) is 0 Å². The van der Waals surface area contributed by atoms with Gasteiger partial charge in [-0.3, -0.25) is 19.9 Å². The number of nitrogens with one attached hydrogen (secondary N) is 2. The van der Waals surface area contributed by atoms with Gasteiger partial charge >= 0.3 is 20.1 Å². The summed E-state index contributed by atoms with van der Waals surface area (Å²) >= 11 is 0. The molecule has 0 atom stereocenters. The van der Waals surface area contributed by atoms with E-state index in [9.17, 15) is 5.21 Å². The summed E-state index contributed by atoms with van der Waals surface area (Å²) in [5, 5.41) is 34.3. The van der Waals surface area contributed by atoms with Crippen LogP contribution in [0.15, 0.2) is 297 Å². The standard InChI is InChI=1S/2C24H20B.C21H24N4.C9H19NO.C2H5NO.CH4O.Ir/c2*1-5-13-21(14-6-1)25(22-15-7-2-8-16-22,23-17-9-3-10-18-23)24-19-11-4-12-20-24;1-16-7-4-10-19(22-16)13-25(14-20-11-5-8-17(2)23-20)15-21-12-6-9-18(3)24-21;1-8(2)6-5-7-9(3,4)10(8)11;1-2(3)4;1-2;/h2*1-20H;4-12H,13-15H2,1-3H3;10H,5-7H2,1-4H3;1H3,(H2,3,4);2H,1H3;/q2*-1;;;;;+3/p-1. The molecule has 1 saturated heterocycles. The maximum atomic E-state index is 11.8. The molecule has 0 unspecified atom stereocenters. The SMILES string of the molecule is CC(=N)[O-].CC1(C)CCCC(C)(C)[NH+]1[O-].CO.Cc1cccc(CN(Cc2cccc(C)n2)Cc2cccc(C)n2)n1.[Ir+3].c1ccc([B-](c2ccccc2)(c2ccccc2)c2ccccc2)cc1.c1ccc([B-](c2ccccc2)(c2ccccc2)c2ccccc2)cc1. The van der Waals surface area contributed by atoms with Gasteiger partial charge in [0.05, 0.1) is 28.2 Å². The molecule has 0 spiro atoms. The molecule has 9 nitrogen and oxygen atoms in total. The Balaban J connectivity index is 0.000000196. The van der Waals surface area contributed by atoms with Gasteiger partial charge in [-0.2, -0.15) is 43.7 Å². The van der Waals surface area contributed by atoms with E-state index in [0.29, 0.717) is 5.06 Å². The fraction of sp³-hybridized carbons (Fsp3) is 0.210. The third-order valence-corrected chi connectivity index (χ3v) is 17.2. The molecule has 0 amide bonds. The van der Waals surface area contributed by atoms with Gasteiger partial charge in [0.2, 0.25) is 0 Å². The van der Waals surface area contributed by atoms with Crippen molar-refractivity contribution in [2.24, 2.45) is 0 Å². The van der Waals surface area contributed by atoms with Crippen molar-refractivity contribution in [3.63, 3.8) is 0 Å². The number of benzene rings is 8. The summed E-state index contributed by atoms with van der Waals surface area (Å²) in [5.74, 6) is -0.583. The number of aliphatic hydroxyl groups excluding tert-OH is 1. The Kier molecular flexibility index (Phi) is 28.8. The third-order valence-electron chi connectivity index (χ3n) is 17.2. The summed E-state index contributed by atoms with van der Waals surface area (Å²) in [4.78, 5) is 16.3. The minimum Gasteiger partial charge on any atom is -0.862 e. The van der Waals surface area contributed by atoms with Crippen molar-refractivity contribution in [1.29, 1.82) is 5.41 Å². The van der Waals surface area contributed by atoms with Crippen LogP contribution < -0.4 is 53.9 Å². The zero-order chi connectivity index (χ0) is 65.8. The molecule has 0 bridgehead atoms. The first-order valence-electron chi connectivity index (χ1n) is 32.0. The Labute approximate surface area is 568 Å². The van der Waals surface area contributed by atoms with Crippen LogP contribution in [0.5, 0.6) is 0 Å². The molecular formula is C81H91B2IrN6O3. The number of nitrogens with zero attached hydrogens (tertiary/aromatic N) is 4. The van der Waals surface area contributed by atoms with Crippen LogP contribution in [0.25, 0.3) is 0 Å². The molecule has 1 aliphatic rings. The van der Waals surface area contributed by atoms with E-state index in [1.165, 1.54) is 57.0 Å². The summed E-state index contributed by atoms with van der Waals surface area (Å²) in [5.41, 5.74) is 16.9. The van der Waals surface area contributed by atoms with Gasteiger partial charge in [0.15, 0.2) is 0 Å². The average molecular weight is 1410 g/mol. The molecule has 3 aromatic heterocycles. The number of rotatable bonds is 14. The molecule has 12 rings (SSSR count). The molecule has 0 radical (unpaired) electrons. The van der Waals surface area contributed by atoms with Crippen molar-refractivity contribution in [2.45, 2.75) is 105 Å². The van der Waals surface area contributed by atoms with Gasteiger partial charge < -0.3 is 25.9 Å². The quantitative estimate of drug-likeness (QED) is 0.0427. The first kappa shape index (κ1) is 73.4. The number of aromatic nitrogens is 3. The Morgan fingerprint density at radius 1 is 0.387 bits per heavy atom. The van der Waals surface area contributed by atoms with E-state index in [4.69, 9.17) is 15.6 Å². The van der Waals surface area contributed by atoms with Gasteiger partial charge in [-0.1, -0.05) is 261 Å². The van der Waals surface area contributed by atoms with E-state index in [1.807, 2.05) is 39.0 Å². The van der Waals surface area contributed by atoms with Gasteiger partial charge in [0.1, 0.15) is 12.3 Å². The summed E-state index contributed by atoms with van der Waals surface area (Å²) in [6.07, 6.45) is 0.899. The Hall–Kier alpha value is -8.70. The number of hydrogen-bond donors (Lipinski definition) is 3. The summed E-state index contributed by atoms with van der Waals surface area (Å²) in [6, 6.07) is 106. The predicted molar refractivity (Wildman–Crippen MR) is 388 cm³/mol. The summed E-state index contributed by atoms with van der Waals surface area (Å²) in [7, 11) is 1.00. The molecule has 11 aromatic rings. The summed E-state index contributed by atoms with van der Waals surface area (Å²) < 4.78 is 0. The fourth-order valence-electron chi connectivity index (χ4n) is 13.3. The second-order valence-electron chi connectivity index (χ2n) is 25.0. The summed E-state index contributed by atoms with van der Waals surface area (Å²) in [6.45, 7) is 17.8. The Morgan fingerprint density at radius 2 is 0.570 bits per heavy atom. The number of hydroxylamine groups is 2. The van der Waals surface area contributed by atoms with Crippen LogP contribution in [0.4, 0.5) is 0 Å².